The average Bonchev–Trinajstić information content (AvgIpc) is 3.55. The lowest BCUT2D eigenvalue weighted by Crippen LogP contribution is -2.71. The molecule has 12 atom stereocenters. The first-order valence-corrected chi connectivity index (χ1v) is 19.0. The summed E-state index contributed by atoms with van der Waals surface area (Å²) in [4.78, 5) is 52.4. The number of carbonyl (C=O) groups excluding carboxylic acids is 4. The van der Waals surface area contributed by atoms with E-state index in [1.165, 1.54) is 19.1 Å². The van der Waals surface area contributed by atoms with Gasteiger partial charge in [0.25, 0.3) is 0 Å². The molecule has 302 valence electrons. The summed E-state index contributed by atoms with van der Waals surface area (Å²) in [6, 6.07) is -2.46. The number of alkyl halides is 2. The molecule has 3 saturated carbocycles. The van der Waals surface area contributed by atoms with Gasteiger partial charge in [0.2, 0.25) is 17.6 Å². The van der Waals surface area contributed by atoms with Crippen LogP contribution in [0.3, 0.4) is 0 Å². The van der Waals surface area contributed by atoms with Gasteiger partial charge in [-0.2, -0.15) is 0 Å². The number of carbonyl (C=O) groups is 4. The van der Waals surface area contributed by atoms with Crippen LogP contribution in [-0.4, -0.2) is 107 Å². The van der Waals surface area contributed by atoms with Gasteiger partial charge in [0.1, 0.15) is 23.9 Å². The number of fused-ring (bicyclic) bond motifs is 7. The number of nitrogens with one attached hydrogen (secondary N) is 3. The van der Waals surface area contributed by atoms with Crippen molar-refractivity contribution >= 4 is 29.5 Å². The van der Waals surface area contributed by atoms with Crippen LogP contribution in [0, 0.1) is 34.0 Å². The predicted molar refractivity (Wildman–Crippen MR) is 192 cm³/mol. The van der Waals surface area contributed by atoms with Crippen molar-refractivity contribution in [2.24, 2.45) is 28.6 Å². The minimum Gasteiger partial charge on any atom is -0.472 e. The number of amides is 2. The van der Waals surface area contributed by atoms with E-state index >= 15 is 8.78 Å². The van der Waals surface area contributed by atoms with Crippen LogP contribution in [0.5, 0.6) is 0 Å². The molecule has 1 heterocycles. The number of alkyl carbamates (subject to hydrolysis) is 1. The molecule has 0 bridgehead atoms. The number of halogens is 2. The summed E-state index contributed by atoms with van der Waals surface area (Å²) in [5, 5.41) is 35.5. The van der Waals surface area contributed by atoms with Crippen molar-refractivity contribution in [2.75, 3.05) is 13.2 Å². The monoisotopic (exact) mass is 765 g/mol. The second kappa shape index (κ2) is 15.0. The zero-order valence-electron chi connectivity index (χ0n) is 32.5. The van der Waals surface area contributed by atoms with E-state index in [4.69, 9.17) is 24.4 Å². The van der Waals surface area contributed by atoms with Gasteiger partial charge in [-0.25, -0.2) is 13.6 Å². The number of ether oxygens (including phenoxy) is 4. The molecule has 54 heavy (non-hydrogen) atoms. The maximum Gasteiger partial charge on any atom is 0.408 e. The fourth-order valence-corrected chi connectivity index (χ4v) is 9.86. The van der Waals surface area contributed by atoms with Crippen LogP contribution in [0.15, 0.2) is 23.8 Å². The Labute approximate surface area is 315 Å². The van der Waals surface area contributed by atoms with Crippen molar-refractivity contribution in [3.05, 3.63) is 23.8 Å². The van der Waals surface area contributed by atoms with Crippen molar-refractivity contribution in [2.45, 2.75) is 148 Å². The molecule has 4 aliphatic carbocycles. The fraction of sp³-hybridized carbons (Fsp3) is 0.769. The number of Topliss-reactive ketones (excluding diaryl/α,β-unsaturated/α-hetero) is 1. The highest BCUT2D eigenvalue weighted by Crippen LogP contribution is 2.72. The van der Waals surface area contributed by atoms with E-state index in [0.717, 1.165) is 6.08 Å². The Hall–Kier alpha value is -3.27. The van der Waals surface area contributed by atoms with Crippen molar-refractivity contribution in [1.29, 1.82) is 5.41 Å². The van der Waals surface area contributed by atoms with Gasteiger partial charge in [-0.05, 0) is 89.4 Å². The third-order valence-electron chi connectivity index (χ3n) is 12.2. The highest BCUT2D eigenvalue weighted by atomic mass is 19.1. The Balaban J connectivity index is 1.39. The molecule has 0 radical (unpaired) electrons. The summed E-state index contributed by atoms with van der Waals surface area (Å²) in [6.45, 7) is 12.4. The van der Waals surface area contributed by atoms with E-state index in [9.17, 15) is 29.4 Å². The Morgan fingerprint density at radius 2 is 1.81 bits per heavy atom. The maximum absolute atomic E-state index is 17.8. The van der Waals surface area contributed by atoms with Crippen LogP contribution in [0.2, 0.25) is 0 Å². The van der Waals surface area contributed by atoms with Crippen LogP contribution in [0.1, 0.15) is 93.9 Å². The number of aliphatic hydroxyl groups excluding tert-OH is 2. The number of hydrogen-bond acceptors (Lipinski definition) is 11. The van der Waals surface area contributed by atoms with Gasteiger partial charge in [0.15, 0.2) is 29.9 Å². The molecule has 5 rings (SSSR count). The minimum atomic E-state index is -2.36. The lowest BCUT2D eigenvalue weighted by atomic mass is 9.44. The van der Waals surface area contributed by atoms with Gasteiger partial charge >= 0.3 is 6.09 Å². The minimum absolute atomic E-state index is 0.00298. The third kappa shape index (κ3) is 7.02. The molecule has 0 aromatic carbocycles. The molecule has 4 fully saturated rings. The van der Waals surface area contributed by atoms with E-state index in [1.54, 1.807) is 27.7 Å². The van der Waals surface area contributed by atoms with Crippen molar-refractivity contribution < 1.29 is 57.1 Å². The second-order valence-electron chi connectivity index (χ2n) is 17.4. The molecule has 1 aliphatic heterocycles. The molecule has 0 aromatic heterocycles. The quantitative estimate of drug-likeness (QED) is 0.142. The third-order valence-corrected chi connectivity index (χ3v) is 12.2. The molecule has 2 amide bonds. The molecule has 15 heteroatoms. The standard InChI is InChI=1S/C39H57F2N3O10/c1-9-10-31-52-30-16-22-23-15-25(40)24-14-21(46)11-12-36(24,7)38(23,41)28(47)17-37(22,8)39(30,53-31)29(48)19-51-32(42)26(13-20(2)3)43-33(49)27(18-45)44-34(50)54-35(4,5)6/h11-12,14,20,22-23,25-28,30-31,42,45,47H,9-10,13,15-19H2,1-8H3,(H,43,49)(H,44,50)/t22-,23-,25-,26-,27-,28-,30+,31?,36-,37-,38-,39+/m0/s1. The summed E-state index contributed by atoms with van der Waals surface area (Å²) in [5.74, 6) is -4.11. The first-order valence-electron chi connectivity index (χ1n) is 19.0. The number of aliphatic hydroxyl groups is 2. The lowest BCUT2D eigenvalue weighted by Gasteiger charge is -2.63. The smallest absolute Gasteiger partial charge is 0.408 e. The summed E-state index contributed by atoms with van der Waals surface area (Å²) in [6.07, 6.45) is -1.28. The van der Waals surface area contributed by atoms with Gasteiger partial charge in [0.05, 0.1) is 18.8 Å². The number of rotatable bonds is 12. The molecular weight excluding hydrogens is 708 g/mol. The zero-order chi connectivity index (χ0) is 40.2. The second-order valence-corrected chi connectivity index (χ2v) is 17.4. The SMILES string of the molecule is CCCC1O[C@@H]2C[C@H]3[C@@H]4C[C@H](F)C5=CC(=O)C=C[C@]5(C)[C@@]4(F)[C@@H](O)C[C@]3(C)[C@]2(C(=O)COC(=N)[C@H](CC(C)C)NC(=O)[C@H](CO)NC(=O)OC(C)(C)C)O1. The van der Waals surface area contributed by atoms with Crippen molar-refractivity contribution in [3.63, 3.8) is 0 Å². The van der Waals surface area contributed by atoms with E-state index in [0.29, 0.717) is 12.8 Å². The highest BCUT2D eigenvalue weighted by molar-refractivity contribution is 6.01. The molecule has 13 nitrogen and oxygen atoms in total. The van der Waals surface area contributed by atoms with E-state index < -0.39 is 119 Å². The van der Waals surface area contributed by atoms with Gasteiger partial charge in [-0.3, -0.25) is 19.8 Å². The molecule has 5 N–H and O–H groups in total. The molecule has 0 spiro atoms. The van der Waals surface area contributed by atoms with Gasteiger partial charge in [-0.15, -0.1) is 0 Å². The first kappa shape index (κ1) is 41.9. The van der Waals surface area contributed by atoms with Crippen molar-refractivity contribution in [1.82, 2.24) is 10.6 Å². The largest absolute Gasteiger partial charge is 0.472 e. The van der Waals surface area contributed by atoms with Crippen LogP contribution < -0.4 is 10.6 Å². The summed E-state index contributed by atoms with van der Waals surface area (Å²) < 4.78 is 57.7. The lowest BCUT2D eigenvalue weighted by molar-refractivity contribution is -0.234. The fourth-order valence-electron chi connectivity index (χ4n) is 9.86. The number of ketones is 2. The van der Waals surface area contributed by atoms with E-state index in [1.807, 2.05) is 20.8 Å². The summed E-state index contributed by atoms with van der Waals surface area (Å²) in [7, 11) is 0. The molecule has 1 unspecified atom stereocenters. The first-order chi connectivity index (χ1) is 25.1. The van der Waals surface area contributed by atoms with Crippen molar-refractivity contribution in [3.8, 4) is 0 Å². The Kier molecular flexibility index (Phi) is 11.6. The van der Waals surface area contributed by atoms with Gasteiger partial charge in [0, 0.05) is 16.7 Å². The zero-order valence-corrected chi connectivity index (χ0v) is 32.5. The maximum atomic E-state index is 17.8. The normalized spacial score (nSPS) is 37.9. The molecule has 5 aliphatic rings. The number of hydrogen-bond donors (Lipinski definition) is 5. The Morgan fingerprint density at radius 1 is 1.13 bits per heavy atom. The van der Waals surface area contributed by atoms with E-state index in [-0.39, 0.29) is 37.2 Å². The van der Waals surface area contributed by atoms with Crippen LogP contribution in [0.4, 0.5) is 13.6 Å². The summed E-state index contributed by atoms with van der Waals surface area (Å²) in [5.41, 5.74) is -7.81. The van der Waals surface area contributed by atoms with Gasteiger partial charge in [-0.1, -0.05) is 40.2 Å². The average molecular weight is 766 g/mol. The Morgan fingerprint density at radius 3 is 2.43 bits per heavy atom. The van der Waals surface area contributed by atoms with Crippen LogP contribution >= 0.6 is 0 Å². The van der Waals surface area contributed by atoms with Gasteiger partial charge < -0.3 is 39.8 Å². The van der Waals surface area contributed by atoms with Crippen LogP contribution in [-0.2, 0) is 33.3 Å². The molecular formula is C39H57F2N3O10. The predicted octanol–water partition coefficient (Wildman–Crippen LogP) is 4.17. The Bertz CT molecular complexity index is 1580. The number of allylic oxidation sites excluding steroid dienone is 4. The highest BCUT2D eigenvalue weighted by Gasteiger charge is 2.80. The van der Waals surface area contributed by atoms with E-state index in [2.05, 4.69) is 10.6 Å². The topological polar surface area (TPSA) is 194 Å². The van der Waals surface area contributed by atoms with Crippen LogP contribution in [0.25, 0.3) is 0 Å². The summed E-state index contributed by atoms with van der Waals surface area (Å²) >= 11 is 0. The molecule has 1 saturated heterocycles. The molecule has 0 aromatic rings.